The molecule has 9 nitrogen and oxygen atoms in total. The van der Waals surface area contributed by atoms with Gasteiger partial charge >= 0.3 is 12.1 Å². The number of hydrogen-bond acceptors (Lipinski definition) is 7. The molecule has 0 aliphatic heterocycles. The van der Waals surface area contributed by atoms with Crippen LogP contribution in [0.1, 0.15) is 26.3 Å². The summed E-state index contributed by atoms with van der Waals surface area (Å²) in [7, 11) is 0. The normalized spacial score (nSPS) is 12.2. The lowest BCUT2D eigenvalue weighted by Crippen LogP contribution is -2.46. The Hall–Kier alpha value is -5.05. The van der Waals surface area contributed by atoms with Crippen molar-refractivity contribution >= 4 is 33.9 Å². The largest absolute Gasteiger partial charge is 0.460 e. The van der Waals surface area contributed by atoms with Crippen molar-refractivity contribution in [2.45, 2.75) is 38.8 Å². The minimum absolute atomic E-state index is 0.0313. The number of para-hydroxylation sites is 2. The van der Waals surface area contributed by atoms with Crippen LogP contribution in [0, 0.1) is 0 Å². The summed E-state index contributed by atoms with van der Waals surface area (Å²) in [6.45, 7) is 5.20. The summed E-state index contributed by atoms with van der Waals surface area (Å²) in [5.41, 5.74) is 0.819. The van der Waals surface area contributed by atoms with E-state index in [0.717, 1.165) is 16.5 Å². The van der Waals surface area contributed by atoms with Gasteiger partial charge in [0.05, 0.1) is 5.39 Å². The number of aromatic nitrogens is 1. The fourth-order valence-corrected chi connectivity index (χ4v) is 4.19. The molecule has 9 heteroatoms. The van der Waals surface area contributed by atoms with Crippen molar-refractivity contribution in [3.05, 3.63) is 101 Å². The van der Waals surface area contributed by atoms with Crippen LogP contribution in [0.4, 0.5) is 4.79 Å². The third-order valence-corrected chi connectivity index (χ3v) is 5.98. The second kappa shape index (κ2) is 11.0. The first kappa shape index (κ1) is 26.6. The maximum atomic E-state index is 13.3. The van der Waals surface area contributed by atoms with E-state index in [1.165, 1.54) is 24.5 Å². The Bertz CT molecular complexity index is 1730. The highest BCUT2D eigenvalue weighted by Crippen LogP contribution is 2.25. The van der Waals surface area contributed by atoms with Gasteiger partial charge in [-0.1, -0.05) is 36.4 Å². The average Bonchev–Trinajstić information content (AvgIpc) is 3.32. The van der Waals surface area contributed by atoms with Crippen molar-refractivity contribution in [2.75, 3.05) is 0 Å². The van der Waals surface area contributed by atoms with E-state index in [2.05, 4.69) is 10.3 Å². The molecular weight excluding hydrogens is 512 g/mol. The highest BCUT2D eigenvalue weighted by atomic mass is 16.6. The van der Waals surface area contributed by atoms with Crippen molar-refractivity contribution < 1.29 is 28.2 Å². The highest BCUT2D eigenvalue weighted by Gasteiger charge is 2.27. The minimum Gasteiger partial charge on any atom is -0.460 e. The second-order valence-corrected chi connectivity index (χ2v) is 10.2. The Balaban J connectivity index is 1.37. The van der Waals surface area contributed by atoms with Gasteiger partial charge in [0.2, 0.25) is 11.2 Å². The number of amides is 1. The molecule has 3 aromatic carbocycles. The number of ether oxygens (including phenoxy) is 3. The van der Waals surface area contributed by atoms with Gasteiger partial charge in [-0.15, -0.1) is 0 Å². The van der Waals surface area contributed by atoms with Crippen LogP contribution >= 0.6 is 0 Å². The molecule has 0 aliphatic rings. The summed E-state index contributed by atoms with van der Waals surface area (Å²) in [4.78, 5) is 42.0. The smallest absolute Gasteiger partial charge is 0.408 e. The van der Waals surface area contributed by atoms with Crippen LogP contribution in [0.15, 0.2) is 94.5 Å². The third-order valence-electron chi connectivity index (χ3n) is 5.98. The lowest BCUT2D eigenvalue weighted by Gasteiger charge is -2.23. The van der Waals surface area contributed by atoms with Crippen molar-refractivity contribution in [1.29, 1.82) is 0 Å². The van der Waals surface area contributed by atoms with Crippen molar-refractivity contribution in [1.82, 2.24) is 10.3 Å². The molecule has 0 bridgehead atoms. The zero-order valence-electron chi connectivity index (χ0n) is 22.2. The third kappa shape index (κ3) is 6.15. The molecule has 1 amide bonds. The Kier molecular flexibility index (Phi) is 7.29. The van der Waals surface area contributed by atoms with Gasteiger partial charge in [0.15, 0.2) is 0 Å². The Labute approximate surface area is 229 Å². The standard InChI is InChI=1S/C31H28N2O7/c1-31(2,3)40-30(36)33-25(15-19-17-32-24-12-8-7-11-22(19)24)29(35)39-21-13-14-23-26(16-21)37-18-27(28(23)34)38-20-9-5-4-6-10-20/h4-14,16-18,25,32H,15H2,1-3H3,(H,33,36)/t25-/m0/s1. The Morgan fingerprint density at radius 1 is 0.950 bits per heavy atom. The number of esters is 1. The van der Waals surface area contributed by atoms with E-state index in [-0.39, 0.29) is 34.3 Å². The molecule has 0 saturated carbocycles. The predicted octanol–water partition coefficient (Wildman–Crippen LogP) is 6.11. The fraction of sp³-hybridized carbons (Fsp3) is 0.194. The highest BCUT2D eigenvalue weighted by molar-refractivity contribution is 5.87. The Morgan fingerprint density at radius 3 is 2.48 bits per heavy atom. The number of carbonyl (C=O) groups is 2. The predicted molar refractivity (Wildman–Crippen MR) is 150 cm³/mol. The molecule has 2 aromatic heterocycles. The van der Waals surface area contributed by atoms with Crippen LogP contribution in [0.5, 0.6) is 17.2 Å². The topological polar surface area (TPSA) is 120 Å². The van der Waals surface area contributed by atoms with E-state index in [4.69, 9.17) is 18.6 Å². The van der Waals surface area contributed by atoms with E-state index in [9.17, 15) is 14.4 Å². The van der Waals surface area contributed by atoms with Crippen LogP contribution in [-0.2, 0) is 16.0 Å². The van der Waals surface area contributed by atoms with Crippen LogP contribution in [0.3, 0.4) is 0 Å². The molecule has 0 saturated heterocycles. The first-order valence-corrected chi connectivity index (χ1v) is 12.7. The molecule has 5 aromatic rings. The summed E-state index contributed by atoms with van der Waals surface area (Å²) < 4.78 is 22.3. The zero-order valence-corrected chi connectivity index (χ0v) is 22.2. The van der Waals surface area contributed by atoms with Gasteiger partial charge < -0.3 is 28.9 Å². The van der Waals surface area contributed by atoms with Gasteiger partial charge in [-0.3, -0.25) is 4.79 Å². The lowest BCUT2D eigenvalue weighted by atomic mass is 10.1. The van der Waals surface area contributed by atoms with Gasteiger partial charge in [-0.05, 0) is 56.7 Å². The molecule has 5 rings (SSSR count). The maximum absolute atomic E-state index is 13.3. The van der Waals surface area contributed by atoms with Crippen molar-refractivity contribution in [3.63, 3.8) is 0 Å². The number of alkyl carbamates (subject to hydrolysis) is 1. The number of carbonyl (C=O) groups excluding carboxylic acids is 2. The number of H-pyrrole nitrogens is 1. The lowest BCUT2D eigenvalue weighted by molar-refractivity contribution is -0.136. The van der Waals surface area contributed by atoms with E-state index in [1.54, 1.807) is 51.2 Å². The molecule has 40 heavy (non-hydrogen) atoms. The van der Waals surface area contributed by atoms with Gasteiger partial charge in [0.25, 0.3) is 0 Å². The molecule has 0 unspecified atom stereocenters. The number of fused-ring (bicyclic) bond motifs is 2. The first-order valence-electron chi connectivity index (χ1n) is 12.7. The Morgan fingerprint density at radius 2 is 1.70 bits per heavy atom. The molecule has 1 atom stereocenters. The van der Waals surface area contributed by atoms with E-state index in [0.29, 0.717) is 5.75 Å². The monoisotopic (exact) mass is 540 g/mol. The van der Waals surface area contributed by atoms with Crippen molar-refractivity contribution in [3.8, 4) is 17.2 Å². The number of hydrogen-bond donors (Lipinski definition) is 2. The van der Waals surface area contributed by atoms with E-state index >= 15 is 0 Å². The SMILES string of the molecule is CC(C)(C)OC(=O)N[C@@H](Cc1c[nH]c2ccccc12)C(=O)Oc1ccc2c(=O)c(Oc3ccccc3)coc2c1. The molecule has 2 N–H and O–H groups in total. The fourth-order valence-electron chi connectivity index (χ4n) is 4.19. The van der Waals surface area contributed by atoms with E-state index < -0.39 is 23.7 Å². The van der Waals surface area contributed by atoms with Crippen LogP contribution in [0.2, 0.25) is 0 Å². The maximum Gasteiger partial charge on any atom is 0.408 e. The summed E-state index contributed by atoms with van der Waals surface area (Å²) in [6, 6.07) is 19.9. The van der Waals surface area contributed by atoms with Gasteiger partial charge in [0, 0.05) is 29.6 Å². The number of nitrogens with one attached hydrogen (secondary N) is 2. The van der Waals surface area contributed by atoms with Crippen LogP contribution < -0.4 is 20.2 Å². The summed E-state index contributed by atoms with van der Waals surface area (Å²) in [5.74, 6) is -0.0311. The van der Waals surface area contributed by atoms with Gasteiger partial charge in [-0.25, -0.2) is 9.59 Å². The zero-order chi connectivity index (χ0) is 28.3. The molecule has 0 radical (unpaired) electrons. The van der Waals surface area contributed by atoms with Crippen molar-refractivity contribution in [2.24, 2.45) is 0 Å². The minimum atomic E-state index is -1.06. The molecular formula is C31H28N2O7. The molecule has 0 spiro atoms. The molecule has 0 fully saturated rings. The number of benzene rings is 3. The van der Waals surface area contributed by atoms with Gasteiger partial charge in [-0.2, -0.15) is 0 Å². The molecule has 0 aliphatic carbocycles. The molecule has 204 valence electrons. The van der Waals surface area contributed by atoms with E-state index in [1.807, 2.05) is 30.3 Å². The van der Waals surface area contributed by atoms with Crippen LogP contribution in [-0.4, -0.2) is 28.7 Å². The quantitative estimate of drug-likeness (QED) is 0.189. The van der Waals surface area contributed by atoms with Crippen LogP contribution in [0.25, 0.3) is 21.9 Å². The second-order valence-electron chi connectivity index (χ2n) is 10.2. The summed E-state index contributed by atoms with van der Waals surface area (Å²) in [6.07, 6.45) is 2.42. The number of rotatable bonds is 7. The number of aromatic amines is 1. The first-order chi connectivity index (χ1) is 19.2. The summed E-state index contributed by atoms with van der Waals surface area (Å²) >= 11 is 0. The average molecular weight is 541 g/mol. The van der Waals surface area contributed by atoms with Gasteiger partial charge in [0.1, 0.15) is 35.0 Å². The molecule has 2 heterocycles. The summed E-state index contributed by atoms with van der Waals surface area (Å²) in [5, 5.41) is 3.82.